The first-order valence-corrected chi connectivity index (χ1v) is 9.55. The van der Waals surface area contributed by atoms with Gasteiger partial charge in [-0.2, -0.15) is 0 Å². The van der Waals surface area contributed by atoms with Crippen LogP contribution in [-0.4, -0.2) is 41.5 Å². The van der Waals surface area contributed by atoms with Crippen LogP contribution in [0.1, 0.15) is 38.2 Å². The second kappa shape index (κ2) is 6.95. The average Bonchev–Trinajstić information content (AvgIpc) is 3.11. The number of carbonyl (C=O) groups is 1. The van der Waals surface area contributed by atoms with Crippen molar-refractivity contribution in [3.05, 3.63) is 41.8 Å². The average molecular weight is 355 g/mol. The van der Waals surface area contributed by atoms with Gasteiger partial charge in [-0.1, -0.05) is 0 Å². The van der Waals surface area contributed by atoms with Crippen molar-refractivity contribution >= 4 is 16.8 Å². The number of amides is 1. The van der Waals surface area contributed by atoms with Crippen LogP contribution in [0.3, 0.4) is 0 Å². The van der Waals surface area contributed by atoms with Gasteiger partial charge in [-0.25, -0.2) is 4.39 Å². The van der Waals surface area contributed by atoms with E-state index in [0.717, 1.165) is 36.8 Å². The Morgan fingerprint density at radius 2 is 2.00 bits per heavy atom. The smallest absolute Gasteiger partial charge is 0.234 e. The highest BCUT2D eigenvalue weighted by molar-refractivity contribution is 5.82. The molecule has 4 rings (SSSR count). The van der Waals surface area contributed by atoms with Crippen molar-refractivity contribution in [1.29, 1.82) is 0 Å². The molecule has 2 aromatic rings. The number of benzene rings is 1. The van der Waals surface area contributed by atoms with Gasteiger partial charge in [0, 0.05) is 30.7 Å². The molecule has 2 aliphatic rings. The van der Waals surface area contributed by atoms with Crippen LogP contribution in [0.5, 0.6) is 0 Å². The SMILES string of the molecule is CC(C)NC(=O)CN1C[C@H]2CC(c3ccnc4ccc(F)cc34)C[C@H]2C1. The third kappa shape index (κ3) is 3.45. The summed E-state index contributed by atoms with van der Waals surface area (Å²) in [4.78, 5) is 18.7. The van der Waals surface area contributed by atoms with Crippen LogP contribution in [0.25, 0.3) is 10.9 Å². The first-order chi connectivity index (χ1) is 12.5. The summed E-state index contributed by atoms with van der Waals surface area (Å²) >= 11 is 0. The van der Waals surface area contributed by atoms with Crippen molar-refractivity contribution in [2.75, 3.05) is 19.6 Å². The molecule has 0 spiro atoms. The normalized spacial score (nSPS) is 25.8. The van der Waals surface area contributed by atoms with E-state index in [4.69, 9.17) is 0 Å². The molecule has 1 aliphatic heterocycles. The zero-order valence-electron chi connectivity index (χ0n) is 15.4. The van der Waals surface area contributed by atoms with Crippen LogP contribution in [0.2, 0.25) is 0 Å². The topological polar surface area (TPSA) is 45.2 Å². The van der Waals surface area contributed by atoms with Crippen molar-refractivity contribution in [2.45, 2.75) is 38.6 Å². The van der Waals surface area contributed by atoms with Gasteiger partial charge >= 0.3 is 0 Å². The van der Waals surface area contributed by atoms with E-state index in [-0.39, 0.29) is 17.8 Å². The Morgan fingerprint density at radius 3 is 2.69 bits per heavy atom. The molecule has 1 amide bonds. The molecule has 5 heteroatoms. The zero-order chi connectivity index (χ0) is 18.3. The van der Waals surface area contributed by atoms with E-state index in [9.17, 15) is 9.18 Å². The minimum Gasteiger partial charge on any atom is -0.353 e. The third-order valence-electron chi connectivity index (χ3n) is 5.82. The first kappa shape index (κ1) is 17.4. The molecule has 1 aromatic heterocycles. The fourth-order valence-electron chi connectivity index (χ4n) is 4.85. The second-order valence-electron chi connectivity index (χ2n) is 8.17. The Labute approximate surface area is 153 Å². The van der Waals surface area contributed by atoms with Crippen molar-refractivity contribution in [3.63, 3.8) is 0 Å². The van der Waals surface area contributed by atoms with Crippen LogP contribution in [-0.2, 0) is 4.79 Å². The van der Waals surface area contributed by atoms with Gasteiger partial charge in [0.25, 0.3) is 0 Å². The number of hydrogen-bond donors (Lipinski definition) is 1. The predicted molar refractivity (Wildman–Crippen MR) is 100 cm³/mol. The number of aromatic nitrogens is 1. The molecule has 2 fully saturated rings. The molecule has 1 saturated carbocycles. The van der Waals surface area contributed by atoms with E-state index in [2.05, 4.69) is 21.3 Å². The number of nitrogens with zero attached hydrogens (tertiary/aromatic N) is 2. The van der Waals surface area contributed by atoms with Crippen LogP contribution in [0.4, 0.5) is 4.39 Å². The van der Waals surface area contributed by atoms with Gasteiger partial charge in [-0.15, -0.1) is 0 Å². The van der Waals surface area contributed by atoms with Gasteiger partial charge in [-0.05, 0) is 74.3 Å². The lowest BCUT2D eigenvalue weighted by atomic mass is 9.93. The number of likely N-dealkylation sites (tertiary alicyclic amines) is 1. The second-order valence-corrected chi connectivity index (χ2v) is 8.17. The van der Waals surface area contributed by atoms with E-state index < -0.39 is 0 Å². The first-order valence-electron chi connectivity index (χ1n) is 9.55. The fraction of sp³-hybridized carbons (Fsp3) is 0.524. The summed E-state index contributed by atoms with van der Waals surface area (Å²) in [5.41, 5.74) is 2.10. The van der Waals surface area contributed by atoms with Crippen molar-refractivity contribution in [1.82, 2.24) is 15.2 Å². The lowest BCUT2D eigenvalue weighted by molar-refractivity contribution is -0.122. The molecule has 0 bridgehead atoms. The Bertz CT molecular complexity index is 808. The molecular formula is C21H26FN3O. The van der Waals surface area contributed by atoms with E-state index in [0.29, 0.717) is 24.3 Å². The van der Waals surface area contributed by atoms with Crippen LogP contribution < -0.4 is 5.32 Å². The number of pyridine rings is 1. The highest BCUT2D eigenvalue weighted by Crippen LogP contribution is 2.47. The van der Waals surface area contributed by atoms with Crippen LogP contribution in [0, 0.1) is 17.7 Å². The van der Waals surface area contributed by atoms with E-state index >= 15 is 0 Å². The number of rotatable bonds is 4. The summed E-state index contributed by atoms with van der Waals surface area (Å²) in [6.45, 7) is 6.46. The summed E-state index contributed by atoms with van der Waals surface area (Å²) in [5, 5.41) is 3.92. The number of halogens is 1. The molecule has 1 N–H and O–H groups in total. The van der Waals surface area contributed by atoms with Crippen molar-refractivity contribution in [2.24, 2.45) is 11.8 Å². The lowest BCUT2D eigenvalue weighted by Crippen LogP contribution is -2.39. The monoisotopic (exact) mass is 355 g/mol. The molecule has 0 radical (unpaired) electrons. The number of carbonyl (C=O) groups excluding carboxylic acids is 1. The molecule has 3 atom stereocenters. The molecule has 1 saturated heterocycles. The zero-order valence-corrected chi connectivity index (χ0v) is 15.4. The molecule has 1 unspecified atom stereocenters. The molecule has 4 nitrogen and oxygen atoms in total. The lowest BCUT2D eigenvalue weighted by Gasteiger charge is -2.20. The minimum absolute atomic E-state index is 0.118. The highest BCUT2D eigenvalue weighted by atomic mass is 19.1. The van der Waals surface area contributed by atoms with E-state index in [1.807, 2.05) is 20.0 Å². The number of nitrogens with one attached hydrogen (secondary N) is 1. The summed E-state index contributed by atoms with van der Waals surface area (Å²) in [6, 6.07) is 7.10. The van der Waals surface area contributed by atoms with Gasteiger partial charge in [0.05, 0.1) is 12.1 Å². The Balaban J connectivity index is 1.44. The predicted octanol–water partition coefficient (Wildman–Crippen LogP) is 3.32. The van der Waals surface area contributed by atoms with Crippen molar-refractivity contribution < 1.29 is 9.18 Å². The van der Waals surface area contributed by atoms with Gasteiger partial charge in [0.1, 0.15) is 5.82 Å². The molecule has 1 aromatic carbocycles. The fourth-order valence-corrected chi connectivity index (χ4v) is 4.85. The maximum atomic E-state index is 13.7. The molecule has 1 aliphatic carbocycles. The summed E-state index contributed by atoms with van der Waals surface area (Å²) in [7, 11) is 0. The summed E-state index contributed by atoms with van der Waals surface area (Å²) in [6.07, 6.45) is 4.07. The molecule has 138 valence electrons. The summed E-state index contributed by atoms with van der Waals surface area (Å²) < 4.78 is 13.7. The quantitative estimate of drug-likeness (QED) is 0.915. The van der Waals surface area contributed by atoms with Crippen LogP contribution in [0.15, 0.2) is 30.5 Å². The van der Waals surface area contributed by atoms with E-state index in [1.165, 1.54) is 11.6 Å². The Hall–Kier alpha value is -2.01. The largest absolute Gasteiger partial charge is 0.353 e. The molecule has 2 heterocycles. The van der Waals surface area contributed by atoms with E-state index in [1.54, 1.807) is 12.1 Å². The number of fused-ring (bicyclic) bond motifs is 2. The van der Waals surface area contributed by atoms with Gasteiger partial charge in [0.2, 0.25) is 5.91 Å². The van der Waals surface area contributed by atoms with Crippen molar-refractivity contribution in [3.8, 4) is 0 Å². The standard InChI is InChI=1S/C21H26FN3O/c1-13(2)24-21(26)12-25-10-15-7-14(8-16(15)11-25)18-5-6-23-20-4-3-17(22)9-19(18)20/h3-6,9,13-16H,7-8,10-12H2,1-2H3,(H,24,26)/t14?,15-,16+. The minimum atomic E-state index is -0.202. The maximum Gasteiger partial charge on any atom is 0.234 e. The van der Waals surface area contributed by atoms with Crippen LogP contribution >= 0.6 is 0 Å². The Kier molecular flexibility index (Phi) is 4.65. The van der Waals surface area contributed by atoms with Gasteiger partial charge in [0.15, 0.2) is 0 Å². The van der Waals surface area contributed by atoms with Gasteiger partial charge in [-0.3, -0.25) is 14.7 Å². The molecule has 26 heavy (non-hydrogen) atoms. The number of hydrogen-bond acceptors (Lipinski definition) is 3. The van der Waals surface area contributed by atoms with Gasteiger partial charge < -0.3 is 5.32 Å². The third-order valence-corrected chi connectivity index (χ3v) is 5.82. The summed E-state index contributed by atoms with van der Waals surface area (Å²) in [5.74, 6) is 1.63. The molecular weight excluding hydrogens is 329 g/mol. The Morgan fingerprint density at radius 1 is 1.27 bits per heavy atom. The maximum absolute atomic E-state index is 13.7. The highest BCUT2D eigenvalue weighted by Gasteiger charge is 2.41.